The number of benzene rings is 1. The predicted molar refractivity (Wildman–Crippen MR) is 115 cm³/mol. The van der Waals surface area contributed by atoms with Gasteiger partial charge in [0, 0.05) is 41.8 Å². The van der Waals surface area contributed by atoms with Crippen LogP contribution in [-0.4, -0.2) is 38.5 Å². The Bertz CT molecular complexity index is 1090. The molecule has 0 bridgehead atoms. The van der Waals surface area contributed by atoms with E-state index in [1.54, 1.807) is 49.3 Å². The van der Waals surface area contributed by atoms with Gasteiger partial charge >= 0.3 is 11.8 Å². The number of hydrogen-bond acceptors (Lipinski definition) is 5. The molecule has 0 saturated carbocycles. The first kappa shape index (κ1) is 21.4. The highest BCUT2D eigenvalue weighted by Crippen LogP contribution is 2.24. The highest BCUT2D eigenvalue weighted by molar-refractivity contribution is 6.35. The van der Waals surface area contributed by atoms with E-state index in [1.165, 1.54) is 6.08 Å². The van der Waals surface area contributed by atoms with Crippen LogP contribution in [0.4, 0.5) is 0 Å². The first-order chi connectivity index (χ1) is 14.9. The highest BCUT2D eigenvalue weighted by Gasteiger charge is 2.15. The largest absolute Gasteiger partial charge is 0.346 e. The first-order valence-corrected chi connectivity index (χ1v) is 9.58. The van der Waals surface area contributed by atoms with Crippen LogP contribution in [0.1, 0.15) is 19.4 Å². The molecule has 31 heavy (non-hydrogen) atoms. The van der Waals surface area contributed by atoms with Crippen LogP contribution in [0.2, 0.25) is 0 Å². The normalized spacial score (nSPS) is 10.8. The Morgan fingerprint density at radius 1 is 1.00 bits per heavy atom. The molecule has 3 amide bonds. The number of nitrogens with one attached hydrogen (secondary N) is 3. The van der Waals surface area contributed by atoms with Gasteiger partial charge in [0.05, 0.1) is 5.69 Å². The van der Waals surface area contributed by atoms with Crippen molar-refractivity contribution in [3.63, 3.8) is 0 Å². The molecule has 0 radical (unpaired) electrons. The lowest BCUT2D eigenvalue weighted by atomic mass is 10.1. The second-order valence-corrected chi connectivity index (χ2v) is 6.86. The molecule has 0 aliphatic carbocycles. The van der Waals surface area contributed by atoms with Crippen molar-refractivity contribution in [3.05, 3.63) is 72.7 Å². The standard InChI is InChI=1S/C22H22N6O3/c1-15(2)24-21(30)22(31)26-25-19(29)11-10-17-14-28(18-8-4-3-5-9-18)27-20(17)16-7-6-12-23-13-16/h3-15H,1-2H3,(H,24,30)(H,25,29)(H,26,31)/b11-10+. The van der Waals surface area contributed by atoms with Crippen molar-refractivity contribution in [2.24, 2.45) is 0 Å². The minimum absolute atomic E-state index is 0.194. The zero-order valence-electron chi connectivity index (χ0n) is 17.1. The van der Waals surface area contributed by atoms with Crippen molar-refractivity contribution >= 4 is 23.8 Å². The van der Waals surface area contributed by atoms with Crippen LogP contribution in [-0.2, 0) is 14.4 Å². The summed E-state index contributed by atoms with van der Waals surface area (Å²) in [7, 11) is 0. The molecular formula is C22H22N6O3. The maximum Gasteiger partial charge on any atom is 0.327 e. The van der Waals surface area contributed by atoms with Crippen LogP contribution in [0.5, 0.6) is 0 Å². The number of carbonyl (C=O) groups is 3. The van der Waals surface area contributed by atoms with E-state index in [2.05, 4.69) is 26.3 Å². The molecule has 0 spiro atoms. The Kier molecular flexibility index (Phi) is 6.89. The Morgan fingerprint density at radius 2 is 1.77 bits per heavy atom. The zero-order chi connectivity index (χ0) is 22.2. The van der Waals surface area contributed by atoms with Gasteiger partial charge in [-0.2, -0.15) is 5.10 Å². The number of pyridine rings is 1. The summed E-state index contributed by atoms with van der Waals surface area (Å²) in [6.45, 7) is 3.45. The number of rotatable bonds is 5. The maximum atomic E-state index is 12.1. The van der Waals surface area contributed by atoms with Crippen molar-refractivity contribution in [2.45, 2.75) is 19.9 Å². The SMILES string of the molecule is CC(C)NC(=O)C(=O)NNC(=O)/C=C/c1cn(-c2ccccc2)nc1-c1cccnc1. The first-order valence-electron chi connectivity index (χ1n) is 9.58. The van der Waals surface area contributed by atoms with Crippen molar-refractivity contribution < 1.29 is 14.4 Å². The summed E-state index contributed by atoms with van der Waals surface area (Å²) < 4.78 is 1.71. The minimum Gasteiger partial charge on any atom is -0.346 e. The molecule has 158 valence electrons. The van der Waals surface area contributed by atoms with Crippen molar-refractivity contribution in [1.29, 1.82) is 0 Å². The topological polar surface area (TPSA) is 118 Å². The highest BCUT2D eigenvalue weighted by atomic mass is 16.2. The number of nitrogens with zero attached hydrogens (tertiary/aromatic N) is 3. The van der Waals surface area contributed by atoms with Gasteiger partial charge in [-0.05, 0) is 44.2 Å². The fraction of sp³-hybridized carbons (Fsp3) is 0.136. The Morgan fingerprint density at radius 3 is 2.45 bits per heavy atom. The lowest BCUT2D eigenvalue weighted by molar-refractivity contribution is -0.140. The molecule has 1 aromatic carbocycles. The summed E-state index contributed by atoms with van der Waals surface area (Å²) in [5.41, 5.74) is 7.21. The molecule has 3 aromatic rings. The number of hydrazine groups is 1. The summed E-state index contributed by atoms with van der Waals surface area (Å²) in [5, 5.41) is 7.06. The lowest BCUT2D eigenvalue weighted by Gasteiger charge is -2.08. The molecule has 0 atom stereocenters. The van der Waals surface area contributed by atoms with Gasteiger partial charge < -0.3 is 5.32 Å². The fourth-order valence-corrected chi connectivity index (χ4v) is 2.66. The van der Waals surface area contributed by atoms with Gasteiger partial charge in [-0.15, -0.1) is 0 Å². The van der Waals surface area contributed by atoms with E-state index in [4.69, 9.17) is 0 Å². The van der Waals surface area contributed by atoms with Crippen LogP contribution in [0.3, 0.4) is 0 Å². The van der Waals surface area contributed by atoms with Crippen LogP contribution < -0.4 is 16.2 Å². The Labute approximate surface area is 179 Å². The third-order valence-electron chi connectivity index (χ3n) is 4.04. The third-order valence-corrected chi connectivity index (χ3v) is 4.04. The third kappa shape index (κ3) is 5.86. The molecule has 3 rings (SSSR count). The van der Waals surface area contributed by atoms with E-state index in [0.29, 0.717) is 11.3 Å². The van der Waals surface area contributed by atoms with Gasteiger partial charge in [0.25, 0.3) is 5.91 Å². The number of amides is 3. The monoisotopic (exact) mass is 418 g/mol. The van der Waals surface area contributed by atoms with Crippen molar-refractivity contribution in [2.75, 3.05) is 0 Å². The van der Waals surface area contributed by atoms with Gasteiger partial charge in [-0.1, -0.05) is 18.2 Å². The molecule has 3 N–H and O–H groups in total. The summed E-state index contributed by atoms with van der Waals surface area (Å²) in [6, 6.07) is 13.0. The number of para-hydroxylation sites is 1. The average molecular weight is 418 g/mol. The van der Waals surface area contributed by atoms with E-state index in [1.807, 2.05) is 36.4 Å². The van der Waals surface area contributed by atoms with E-state index in [0.717, 1.165) is 11.3 Å². The van der Waals surface area contributed by atoms with E-state index in [-0.39, 0.29) is 6.04 Å². The molecular weight excluding hydrogens is 396 g/mol. The number of aromatic nitrogens is 3. The molecule has 0 aliphatic heterocycles. The summed E-state index contributed by atoms with van der Waals surface area (Å²) in [6.07, 6.45) is 7.95. The van der Waals surface area contributed by atoms with Crippen LogP contribution in [0.15, 0.2) is 67.1 Å². The Balaban J connectivity index is 1.76. The summed E-state index contributed by atoms with van der Waals surface area (Å²) in [5.74, 6) is -2.39. The van der Waals surface area contributed by atoms with Crippen LogP contribution in [0.25, 0.3) is 23.0 Å². The van der Waals surface area contributed by atoms with Crippen LogP contribution in [0, 0.1) is 0 Å². The minimum atomic E-state index is -0.955. The van der Waals surface area contributed by atoms with E-state index < -0.39 is 17.7 Å². The average Bonchev–Trinajstić information content (AvgIpc) is 3.21. The molecule has 9 nitrogen and oxygen atoms in total. The number of hydrogen-bond donors (Lipinski definition) is 3. The van der Waals surface area contributed by atoms with Crippen molar-refractivity contribution in [1.82, 2.24) is 30.9 Å². The van der Waals surface area contributed by atoms with E-state index >= 15 is 0 Å². The van der Waals surface area contributed by atoms with Gasteiger partial charge in [0.15, 0.2) is 0 Å². The second kappa shape index (κ2) is 9.97. The quantitative estimate of drug-likeness (QED) is 0.331. The van der Waals surface area contributed by atoms with Gasteiger partial charge in [-0.3, -0.25) is 30.2 Å². The predicted octanol–water partition coefficient (Wildman–Crippen LogP) is 1.62. The molecule has 0 fully saturated rings. The summed E-state index contributed by atoms with van der Waals surface area (Å²) in [4.78, 5) is 39.5. The maximum absolute atomic E-state index is 12.1. The molecule has 0 saturated heterocycles. The molecule has 2 aromatic heterocycles. The van der Waals surface area contributed by atoms with Gasteiger partial charge in [0.2, 0.25) is 0 Å². The lowest BCUT2D eigenvalue weighted by Crippen LogP contribution is -2.49. The Hall–Kier alpha value is -4.27. The molecule has 0 unspecified atom stereocenters. The van der Waals surface area contributed by atoms with Crippen LogP contribution >= 0.6 is 0 Å². The van der Waals surface area contributed by atoms with E-state index in [9.17, 15) is 14.4 Å². The van der Waals surface area contributed by atoms with Gasteiger partial charge in [-0.25, -0.2) is 4.68 Å². The fourth-order valence-electron chi connectivity index (χ4n) is 2.66. The van der Waals surface area contributed by atoms with Gasteiger partial charge in [0.1, 0.15) is 5.69 Å². The zero-order valence-corrected chi connectivity index (χ0v) is 17.1. The number of carbonyl (C=O) groups excluding carboxylic acids is 3. The summed E-state index contributed by atoms with van der Waals surface area (Å²) >= 11 is 0. The molecule has 2 heterocycles. The molecule has 9 heteroatoms. The van der Waals surface area contributed by atoms with Crippen molar-refractivity contribution in [3.8, 4) is 16.9 Å². The molecule has 0 aliphatic rings. The second-order valence-electron chi connectivity index (χ2n) is 6.86. The smallest absolute Gasteiger partial charge is 0.327 e.